The van der Waals surface area contributed by atoms with Gasteiger partial charge in [0.1, 0.15) is 5.75 Å². The second kappa shape index (κ2) is 11.6. The van der Waals surface area contributed by atoms with Crippen molar-refractivity contribution in [3.8, 4) is 5.75 Å². The normalized spacial score (nSPS) is 11.0. The van der Waals surface area contributed by atoms with Crippen LogP contribution in [0.2, 0.25) is 0 Å². The van der Waals surface area contributed by atoms with Crippen molar-refractivity contribution in [2.24, 2.45) is 5.73 Å². The standard InChI is InChI=1S/C18H32N2O/c1-3-5-11-20(12-6-4-2)13-8-14-21-18-10-7-9-17(15-18)16-19/h7,9-10,15H,3-6,8,11-14,16,19H2,1-2H3. The van der Waals surface area contributed by atoms with Crippen LogP contribution in [-0.2, 0) is 6.54 Å². The number of hydrogen-bond acceptors (Lipinski definition) is 3. The first-order chi connectivity index (χ1) is 10.3. The molecular formula is C18H32N2O. The number of hydrogen-bond donors (Lipinski definition) is 1. The predicted octanol–water partition coefficient (Wildman–Crippen LogP) is 3.82. The Morgan fingerprint density at radius 2 is 1.67 bits per heavy atom. The molecule has 0 unspecified atom stereocenters. The lowest BCUT2D eigenvalue weighted by Crippen LogP contribution is -2.28. The maximum Gasteiger partial charge on any atom is 0.119 e. The lowest BCUT2D eigenvalue weighted by atomic mass is 10.2. The van der Waals surface area contributed by atoms with Gasteiger partial charge in [-0.15, -0.1) is 0 Å². The molecule has 0 saturated heterocycles. The molecule has 0 bridgehead atoms. The molecule has 0 radical (unpaired) electrons. The van der Waals surface area contributed by atoms with Gasteiger partial charge in [-0.25, -0.2) is 0 Å². The molecule has 1 rings (SSSR count). The molecule has 0 aromatic heterocycles. The zero-order valence-corrected chi connectivity index (χ0v) is 13.8. The summed E-state index contributed by atoms with van der Waals surface area (Å²) in [7, 11) is 0. The quantitative estimate of drug-likeness (QED) is 0.595. The summed E-state index contributed by atoms with van der Waals surface area (Å²) in [6.07, 6.45) is 6.21. The van der Waals surface area contributed by atoms with Crippen molar-refractivity contribution < 1.29 is 4.74 Å². The first kappa shape index (κ1) is 18.0. The van der Waals surface area contributed by atoms with Gasteiger partial charge in [-0.1, -0.05) is 38.8 Å². The van der Waals surface area contributed by atoms with Crippen LogP contribution in [0.1, 0.15) is 51.5 Å². The summed E-state index contributed by atoms with van der Waals surface area (Å²) in [5.41, 5.74) is 6.77. The minimum Gasteiger partial charge on any atom is -0.494 e. The highest BCUT2D eigenvalue weighted by Crippen LogP contribution is 2.13. The first-order valence-corrected chi connectivity index (χ1v) is 8.44. The summed E-state index contributed by atoms with van der Waals surface area (Å²) >= 11 is 0. The Morgan fingerprint density at radius 3 is 2.29 bits per heavy atom. The molecule has 1 aromatic carbocycles. The third-order valence-corrected chi connectivity index (χ3v) is 3.68. The summed E-state index contributed by atoms with van der Waals surface area (Å²) in [5.74, 6) is 0.937. The summed E-state index contributed by atoms with van der Waals surface area (Å²) in [6.45, 7) is 9.44. The molecule has 21 heavy (non-hydrogen) atoms. The molecule has 0 aliphatic heterocycles. The van der Waals surface area contributed by atoms with Crippen LogP contribution in [0.3, 0.4) is 0 Å². The van der Waals surface area contributed by atoms with Gasteiger partial charge in [-0.3, -0.25) is 0 Å². The third-order valence-electron chi connectivity index (χ3n) is 3.68. The van der Waals surface area contributed by atoms with E-state index in [0.29, 0.717) is 6.54 Å². The van der Waals surface area contributed by atoms with E-state index in [1.54, 1.807) is 0 Å². The van der Waals surface area contributed by atoms with Gasteiger partial charge in [0.15, 0.2) is 0 Å². The van der Waals surface area contributed by atoms with Gasteiger partial charge in [0.2, 0.25) is 0 Å². The smallest absolute Gasteiger partial charge is 0.119 e. The summed E-state index contributed by atoms with van der Waals surface area (Å²) in [5, 5.41) is 0. The molecule has 0 spiro atoms. The van der Waals surface area contributed by atoms with Crippen molar-refractivity contribution >= 4 is 0 Å². The molecule has 0 fully saturated rings. The summed E-state index contributed by atoms with van der Waals surface area (Å²) in [4.78, 5) is 2.58. The van der Waals surface area contributed by atoms with Crippen LogP contribution in [0.4, 0.5) is 0 Å². The highest BCUT2D eigenvalue weighted by atomic mass is 16.5. The van der Waals surface area contributed by atoms with Crippen molar-refractivity contribution in [1.82, 2.24) is 4.90 Å². The second-order valence-electron chi connectivity index (χ2n) is 5.60. The van der Waals surface area contributed by atoms with E-state index >= 15 is 0 Å². The van der Waals surface area contributed by atoms with E-state index in [4.69, 9.17) is 10.5 Å². The highest BCUT2D eigenvalue weighted by Gasteiger charge is 2.04. The average Bonchev–Trinajstić information content (AvgIpc) is 2.53. The fourth-order valence-corrected chi connectivity index (χ4v) is 2.34. The monoisotopic (exact) mass is 292 g/mol. The molecule has 0 aliphatic carbocycles. The topological polar surface area (TPSA) is 38.5 Å². The van der Waals surface area contributed by atoms with E-state index < -0.39 is 0 Å². The molecule has 0 aliphatic rings. The first-order valence-electron chi connectivity index (χ1n) is 8.44. The van der Waals surface area contributed by atoms with Crippen LogP contribution in [0, 0.1) is 0 Å². The van der Waals surface area contributed by atoms with E-state index in [1.807, 2.05) is 24.3 Å². The van der Waals surface area contributed by atoms with Crippen LogP contribution in [-0.4, -0.2) is 31.1 Å². The van der Waals surface area contributed by atoms with Gasteiger partial charge >= 0.3 is 0 Å². The Hall–Kier alpha value is -1.06. The maximum atomic E-state index is 5.83. The van der Waals surface area contributed by atoms with Gasteiger partial charge in [0.25, 0.3) is 0 Å². The third kappa shape index (κ3) is 8.08. The SMILES string of the molecule is CCCCN(CCCC)CCCOc1cccc(CN)c1. The summed E-state index contributed by atoms with van der Waals surface area (Å²) < 4.78 is 5.83. The van der Waals surface area contributed by atoms with Gasteiger partial charge in [-0.2, -0.15) is 0 Å². The van der Waals surface area contributed by atoms with Crippen molar-refractivity contribution in [3.63, 3.8) is 0 Å². The molecule has 0 saturated carbocycles. The van der Waals surface area contributed by atoms with Crippen LogP contribution in [0.15, 0.2) is 24.3 Å². The van der Waals surface area contributed by atoms with Crippen molar-refractivity contribution in [2.45, 2.75) is 52.5 Å². The average molecular weight is 292 g/mol. The fraction of sp³-hybridized carbons (Fsp3) is 0.667. The lowest BCUT2D eigenvalue weighted by molar-refractivity contribution is 0.229. The largest absolute Gasteiger partial charge is 0.494 e. The van der Waals surface area contributed by atoms with Crippen molar-refractivity contribution in [1.29, 1.82) is 0 Å². The van der Waals surface area contributed by atoms with E-state index in [-0.39, 0.29) is 0 Å². The van der Waals surface area contributed by atoms with Crippen molar-refractivity contribution in [3.05, 3.63) is 29.8 Å². The van der Waals surface area contributed by atoms with E-state index in [2.05, 4.69) is 18.7 Å². The Bertz CT molecular complexity index is 360. The van der Waals surface area contributed by atoms with E-state index in [0.717, 1.165) is 30.9 Å². The van der Waals surface area contributed by atoms with Crippen molar-refractivity contribution in [2.75, 3.05) is 26.2 Å². The Morgan fingerprint density at radius 1 is 1.00 bits per heavy atom. The fourth-order valence-electron chi connectivity index (χ4n) is 2.34. The highest BCUT2D eigenvalue weighted by molar-refractivity contribution is 5.28. The van der Waals surface area contributed by atoms with Gasteiger partial charge in [-0.05, 0) is 50.0 Å². The predicted molar refractivity (Wildman–Crippen MR) is 90.7 cm³/mol. The Kier molecular flexibility index (Phi) is 9.92. The molecular weight excluding hydrogens is 260 g/mol. The van der Waals surface area contributed by atoms with Crippen LogP contribution in [0.5, 0.6) is 5.75 Å². The van der Waals surface area contributed by atoms with Gasteiger partial charge in [0, 0.05) is 13.1 Å². The molecule has 120 valence electrons. The molecule has 0 atom stereocenters. The number of nitrogens with two attached hydrogens (primary N) is 1. The van der Waals surface area contributed by atoms with E-state index in [9.17, 15) is 0 Å². The second-order valence-corrected chi connectivity index (χ2v) is 5.60. The van der Waals surface area contributed by atoms with Crippen LogP contribution in [0.25, 0.3) is 0 Å². The number of benzene rings is 1. The molecule has 0 amide bonds. The summed E-state index contributed by atoms with van der Waals surface area (Å²) in [6, 6.07) is 8.08. The minimum absolute atomic E-state index is 0.568. The molecule has 1 aromatic rings. The Labute approximate surface area is 130 Å². The Balaban J connectivity index is 2.25. The van der Waals surface area contributed by atoms with E-state index in [1.165, 1.54) is 38.8 Å². The number of unbranched alkanes of at least 4 members (excludes halogenated alkanes) is 2. The zero-order valence-electron chi connectivity index (χ0n) is 13.8. The lowest BCUT2D eigenvalue weighted by Gasteiger charge is -2.21. The zero-order chi connectivity index (χ0) is 15.3. The maximum absolute atomic E-state index is 5.83. The minimum atomic E-state index is 0.568. The number of rotatable bonds is 12. The molecule has 0 heterocycles. The van der Waals surface area contributed by atoms with Crippen LogP contribution < -0.4 is 10.5 Å². The molecule has 3 heteroatoms. The molecule has 2 N–H and O–H groups in total. The van der Waals surface area contributed by atoms with Gasteiger partial charge in [0.05, 0.1) is 6.61 Å². The number of nitrogens with zero attached hydrogens (tertiary/aromatic N) is 1. The van der Waals surface area contributed by atoms with Gasteiger partial charge < -0.3 is 15.4 Å². The molecule has 3 nitrogen and oxygen atoms in total. The van der Waals surface area contributed by atoms with Crippen LogP contribution >= 0.6 is 0 Å². The number of ether oxygens (including phenoxy) is 1.